The Morgan fingerprint density at radius 2 is 1.54 bits per heavy atom. The molecule has 0 aliphatic heterocycles. The lowest BCUT2D eigenvalue weighted by Gasteiger charge is -2.34. The Balaban J connectivity index is 1.83. The number of anilines is 1. The fourth-order valence-electron chi connectivity index (χ4n) is 5.02. The monoisotopic (exact) mass is 661 g/mol. The second-order valence-corrected chi connectivity index (χ2v) is 13.4. The van der Waals surface area contributed by atoms with Crippen LogP contribution in [0, 0.1) is 6.92 Å². The summed E-state index contributed by atoms with van der Waals surface area (Å²) in [5.41, 5.74) is 2.83. The van der Waals surface area contributed by atoms with Crippen molar-refractivity contribution >= 4 is 39.1 Å². The maximum Gasteiger partial charge on any atom is 0.264 e. The number of hydrogen-bond acceptors (Lipinski definition) is 5. The summed E-state index contributed by atoms with van der Waals surface area (Å²) in [6.45, 7) is 5.34. The number of nitrogens with one attached hydrogen (secondary N) is 1. The quantitative estimate of drug-likeness (QED) is 0.169. The molecule has 0 aliphatic rings. The van der Waals surface area contributed by atoms with Crippen LogP contribution in [0.3, 0.4) is 0 Å². The van der Waals surface area contributed by atoms with Crippen LogP contribution < -0.4 is 14.4 Å². The number of rotatable bonds is 14. The van der Waals surface area contributed by atoms with Gasteiger partial charge in [-0.25, -0.2) is 8.42 Å². The fraction of sp³-hybridized carbons (Fsp3) is 0.278. The van der Waals surface area contributed by atoms with Crippen molar-refractivity contribution in [3.8, 4) is 5.75 Å². The van der Waals surface area contributed by atoms with Crippen molar-refractivity contribution in [2.45, 2.75) is 57.1 Å². The highest BCUT2D eigenvalue weighted by molar-refractivity contribution is 7.92. The smallest absolute Gasteiger partial charge is 0.264 e. The number of aryl methyl sites for hydroxylation is 1. The third kappa shape index (κ3) is 8.47. The van der Waals surface area contributed by atoms with E-state index >= 15 is 0 Å². The minimum atomic E-state index is -4.24. The number of benzene rings is 4. The number of carbonyl (C=O) groups excluding carboxylic acids is 2. The summed E-state index contributed by atoms with van der Waals surface area (Å²) in [4.78, 5) is 30.1. The summed E-state index contributed by atoms with van der Waals surface area (Å²) in [5.74, 6) is -0.500. The first kappa shape index (κ1) is 34.5. The van der Waals surface area contributed by atoms with Gasteiger partial charge in [0.05, 0.1) is 22.7 Å². The first-order valence-corrected chi connectivity index (χ1v) is 17.0. The van der Waals surface area contributed by atoms with Crippen molar-refractivity contribution in [3.63, 3.8) is 0 Å². The average molecular weight is 662 g/mol. The lowest BCUT2D eigenvalue weighted by atomic mass is 10.0. The van der Waals surface area contributed by atoms with E-state index in [4.69, 9.17) is 16.3 Å². The molecule has 0 radical (unpaired) electrons. The highest BCUT2D eigenvalue weighted by Crippen LogP contribution is 2.32. The SMILES string of the molecule is CC[C@H](C)NC(=O)[C@H](Cc1ccccc1)N(Cc1ccccc1C)C(=O)CN(c1ccc(OC)c(Cl)c1)S(=O)(=O)c1ccccc1. The van der Waals surface area contributed by atoms with Crippen molar-refractivity contribution in [2.75, 3.05) is 18.0 Å². The van der Waals surface area contributed by atoms with Crippen molar-refractivity contribution in [1.82, 2.24) is 10.2 Å². The summed E-state index contributed by atoms with van der Waals surface area (Å²) >= 11 is 6.44. The summed E-state index contributed by atoms with van der Waals surface area (Å²) in [6, 6.07) is 28.5. The van der Waals surface area contributed by atoms with Crippen LogP contribution in [0.15, 0.2) is 108 Å². The number of hydrogen-bond donors (Lipinski definition) is 1. The van der Waals surface area contributed by atoms with Crippen LogP contribution in [0.1, 0.15) is 37.0 Å². The Morgan fingerprint density at radius 3 is 2.15 bits per heavy atom. The molecule has 1 N–H and O–H groups in total. The molecule has 4 rings (SSSR count). The molecule has 10 heteroatoms. The molecule has 0 spiro atoms. The van der Waals surface area contributed by atoms with Crippen LogP contribution in [0.25, 0.3) is 0 Å². The van der Waals surface area contributed by atoms with Gasteiger partial charge in [0, 0.05) is 19.0 Å². The molecule has 46 heavy (non-hydrogen) atoms. The number of methoxy groups -OCH3 is 1. The van der Waals surface area contributed by atoms with Crippen molar-refractivity contribution in [2.24, 2.45) is 0 Å². The van der Waals surface area contributed by atoms with E-state index in [1.165, 1.54) is 30.2 Å². The van der Waals surface area contributed by atoms with E-state index in [1.54, 1.807) is 30.3 Å². The Labute approximate surface area is 277 Å². The van der Waals surface area contributed by atoms with Gasteiger partial charge in [0.15, 0.2) is 0 Å². The summed E-state index contributed by atoms with van der Waals surface area (Å²) in [6.07, 6.45) is 0.942. The minimum absolute atomic E-state index is 0.00976. The Morgan fingerprint density at radius 1 is 0.913 bits per heavy atom. The maximum atomic E-state index is 14.6. The van der Waals surface area contributed by atoms with Crippen LogP contribution in [0.2, 0.25) is 5.02 Å². The fourth-order valence-corrected chi connectivity index (χ4v) is 6.70. The summed E-state index contributed by atoms with van der Waals surface area (Å²) < 4.78 is 34.6. The van der Waals surface area contributed by atoms with Crippen LogP contribution in [0.4, 0.5) is 5.69 Å². The lowest BCUT2D eigenvalue weighted by Crippen LogP contribution is -2.54. The highest BCUT2D eigenvalue weighted by atomic mass is 35.5. The minimum Gasteiger partial charge on any atom is -0.495 e. The van der Waals surface area contributed by atoms with Gasteiger partial charge in [-0.1, -0.05) is 91.3 Å². The van der Waals surface area contributed by atoms with Gasteiger partial charge >= 0.3 is 0 Å². The van der Waals surface area contributed by atoms with Gasteiger partial charge in [0.2, 0.25) is 11.8 Å². The molecule has 0 aliphatic carbocycles. The Kier molecular flexibility index (Phi) is 11.8. The second-order valence-electron chi connectivity index (χ2n) is 11.1. The molecule has 2 amide bonds. The predicted molar refractivity (Wildman–Crippen MR) is 183 cm³/mol. The van der Waals surface area contributed by atoms with E-state index in [2.05, 4.69) is 5.32 Å². The van der Waals surface area contributed by atoms with Crippen molar-refractivity contribution < 1.29 is 22.7 Å². The molecule has 0 heterocycles. The average Bonchev–Trinajstić information content (AvgIpc) is 3.06. The molecule has 2 atom stereocenters. The topological polar surface area (TPSA) is 96.0 Å². The highest BCUT2D eigenvalue weighted by Gasteiger charge is 2.35. The maximum absolute atomic E-state index is 14.6. The van der Waals surface area contributed by atoms with E-state index in [1.807, 2.05) is 75.4 Å². The van der Waals surface area contributed by atoms with Gasteiger partial charge in [-0.2, -0.15) is 0 Å². The molecular weight excluding hydrogens is 622 g/mol. The summed E-state index contributed by atoms with van der Waals surface area (Å²) in [7, 11) is -2.78. The first-order chi connectivity index (χ1) is 22.0. The molecule has 0 saturated heterocycles. The molecule has 0 fully saturated rings. The van der Waals surface area contributed by atoms with E-state index in [9.17, 15) is 18.0 Å². The predicted octanol–water partition coefficient (Wildman–Crippen LogP) is 6.41. The largest absolute Gasteiger partial charge is 0.495 e. The Bertz CT molecular complexity index is 1740. The molecule has 0 saturated carbocycles. The number of ether oxygens (including phenoxy) is 1. The number of nitrogens with zero attached hydrogens (tertiary/aromatic N) is 2. The van der Waals surface area contributed by atoms with Crippen LogP contribution >= 0.6 is 11.6 Å². The van der Waals surface area contributed by atoms with E-state index in [0.29, 0.717) is 12.2 Å². The van der Waals surface area contributed by atoms with Gasteiger partial charge in [-0.3, -0.25) is 13.9 Å². The molecule has 0 unspecified atom stereocenters. The van der Waals surface area contributed by atoms with Crippen LogP contribution in [0.5, 0.6) is 5.75 Å². The molecule has 0 bridgehead atoms. The van der Waals surface area contributed by atoms with Crippen molar-refractivity contribution in [1.29, 1.82) is 0 Å². The van der Waals surface area contributed by atoms with Gasteiger partial charge in [-0.15, -0.1) is 0 Å². The van der Waals surface area contributed by atoms with E-state index in [-0.39, 0.29) is 40.5 Å². The Hall–Kier alpha value is -4.34. The van der Waals surface area contributed by atoms with E-state index < -0.39 is 28.5 Å². The van der Waals surface area contributed by atoms with Crippen LogP contribution in [-0.4, -0.2) is 50.9 Å². The molecule has 4 aromatic rings. The van der Waals surface area contributed by atoms with Gasteiger partial charge in [0.1, 0.15) is 18.3 Å². The lowest BCUT2D eigenvalue weighted by molar-refractivity contribution is -0.140. The summed E-state index contributed by atoms with van der Waals surface area (Å²) in [5, 5.41) is 3.24. The standard InChI is InChI=1S/C36H40ClN3O5S/c1-5-27(3)38-36(42)33(22-28-15-8-6-9-16-28)39(24-29-17-13-12-14-26(29)2)35(41)25-40(30-20-21-34(45-4)32(37)23-30)46(43,44)31-18-10-7-11-19-31/h6-21,23,27,33H,5,22,24-25H2,1-4H3,(H,38,42)/t27-,33-/m0/s1. The number of sulfonamides is 1. The normalized spacial score (nSPS) is 12.5. The molecule has 4 aromatic carbocycles. The molecule has 0 aromatic heterocycles. The number of halogens is 1. The number of carbonyl (C=O) groups is 2. The van der Waals surface area contributed by atoms with Crippen LogP contribution in [-0.2, 0) is 32.6 Å². The second kappa shape index (κ2) is 15.8. The van der Waals surface area contributed by atoms with E-state index in [0.717, 1.165) is 21.0 Å². The third-order valence-electron chi connectivity index (χ3n) is 7.91. The first-order valence-electron chi connectivity index (χ1n) is 15.1. The van der Waals surface area contributed by atoms with Crippen molar-refractivity contribution in [3.05, 3.63) is 125 Å². The molecule has 242 valence electrons. The zero-order valence-corrected chi connectivity index (χ0v) is 28.1. The molecule has 8 nitrogen and oxygen atoms in total. The van der Waals surface area contributed by atoms with Gasteiger partial charge < -0.3 is 15.0 Å². The molecular formula is C36H40ClN3O5S. The van der Waals surface area contributed by atoms with Gasteiger partial charge in [0.25, 0.3) is 10.0 Å². The zero-order chi connectivity index (χ0) is 33.3. The third-order valence-corrected chi connectivity index (χ3v) is 9.99. The van der Waals surface area contributed by atoms with Gasteiger partial charge in [-0.05, 0) is 67.3 Å². The number of amides is 2. The zero-order valence-electron chi connectivity index (χ0n) is 26.5.